The zero-order chi connectivity index (χ0) is 10.7. The second-order valence-electron chi connectivity index (χ2n) is 5.85. The summed E-state index contributed by atoms with van der Waals surface area (Å²) in [4.78, 5) is 0. The summed E-state index contributed by atoms with van der Waals surface area (Å²) in [5, 5.41) is 0. The Morgan fingerprint density at radius 1 is 1.00 bits per heavy atom. The fourth-order valence-corrected chi connectivity index (χ4v) is 6.05. The van der Waals surface area contributed by atoms with E-state index < -0.39 is 13.8 Å². The van der Waals surface area contributed by atoms with Gasteiger partial charge in [0.1, 0.15) is 0 Å². The molecule has 15 heavy (non-hydrogen) atoms. The van der Waals surface area contributed by atoms with E-state index in [0.29, 0.717) is 5.41 Å². The van der Waals surface area contributed by atoms with Crippen LogP contribution < -0.4 is 0 Å². The lowest BCUT2D eigenvalue weighted by molar-refractivity contribution is -0.137. The van der Waals surface area contributed by atoms with Crippen LogP contribution in [0.1, 0.15) is 51.4 Å². The van der Waals surface area contributed by atoms with E-state index in [1.54, 1.807) is 0 Å². The van der Waals surface area contributed by atoms with Crippen LogP contribution in [0, 0.1) is 11.3 Å². The van der Waals surface area contributed by atoms with E-state index in [4.69, 9.17) is 10.7 Å². The molecule has 0 aromatic carbocycles. The zero-order valence-electron chi connectivity index (χ0n) is 8.84. The Hall–Kier alpha value is 0.240. The van der Waals surface area contributed by atoms with E-state index in [-0.39, 0.29) is 0 Å². The van der Waals surface area contributed by atoms with Gasteiger partial charge in [-0.2, -0.15) is 0 Å². The first kappa shape index (κ1) is 10.4. The monoisotopic (exact) mass is 248 g/mol. The Kier molecular flexibility index (Phi) is 2.02. The van der Waals surface area contributed by atoms with Crippen molar-refractivity contribution in [1.29, 1.82) is 0 Å². The molecule has 0 N–H and O–H groups in total. The van der Waals surface area contributed by atoms with Gasteiger partial charge in [0.2, 0.25) is 9.05 Å². The maximum Gasteiger partial charge on any atom is 0.238 e. The normalized spacial score (nSPS) is 45.7. The average Bonchev–Trinajstić information content (AvgIpc) is 1.98. The molecular formula is C11H17ClO2S. The predicted molar refractivity (Wildman–Crippen MR) is 60.4 cm³/mol. The Balaban J connectivity index is 1.70. The van der Waals surface area contributed by atoms with Crippen molar-refractivity contribution in [2.45, 2.75) is 56.1 Å². The molecule has 0 aliphatic heterocycles. The molecule has 0 unspecified atom stereocenters. The summed E-state index contributed by atoms with van der Waals surface area (Å²) < 4.78 is 22.2. The molecule has 0 atom stereocenters. The van der Waals surface area contributed by atoms with Gasteiger partial charge in [-0.1, -0.05) is 19.3 Å². The van der Waals surface area contributed by atoms with Crippen LogP contribution in [0.4, 0.5) is 0 Å². The largest absolute Gasteiger partial charge is 0.238 e. The Bertz CT molecular complexity index is 362. The maximum absolute atomic E-state index is 11.4. The number of rotatable bonds is 2. The molecule has 0 amide bonds. The van der Waals surface area contributed by atoms with Crippen LogP contribution in [0.2, 0.25) is 0 Å². The molecule has 2 nitrogen and oxygen atoms in total. The summed E-state index contributed by atoms with van der Waals surface area (Å²) in [6.07, 6.45) is 9.26. The van der Waals surface area contributed by atoms with Crippen LogP contribution in [0.15, 0.2) is 0 Å². The summed E-state index contributed by atoms with van der Waals surface area (Å²) in [5.41, 5.74) is 0.391. The van der Waals surface area contributed by atoms with E-state index in [2.05, 4.69) is 0 Å². The minimum atomic E-state index is -3.30. The van der Waals surface area contributed by atoms with Gasteiger partial charge < -0.3 is 0 Å². The van der Waals surface area contributed by atoms with Crippen molar-refractivity contribution in [2.24, 2.45) is 11.3 Å². The van der Waals surface area contributed by atoms with Crippen LogP contribution in [0.25, 0.3) is 0 Å². The van der Waals surface area contributed by atoms with Crippen molar-refractivity contribution in [3.05, 3.63) is 0 Å². The van der Waals surface area contributed by atoms with E-state index >= 15 is 0 Å². The molecule has 0 radical (unpaired) electrons. The van der Waals surface area contributed by atoms with Crippen molar-refractivity contribution in [1.82, 2.24) is 0 Å². The fraction of sp³-hybridized carbons (Fsp3) is 1.00. The smallest absolute Gasteiger partial charge is 0.212 e. The number of halogens is 1. The summed E-state index contributed by atoms with van der Waals surface area (Å²) in [6.45, 7) is 0. The summed E-state index contributed by atoms with van der Waals surface area (Å²) in [7, 11) is 2.18. The zero-order valence-corrected chi connectivity index (χ0v) is 10.4. The molecule has 86 valence electrons. The molecule has 4 aliphatic rings. The lowest BCUT2D eigenvalue weighted by Crippen LogP contribution is -2.72. The van der Waals surface area contributed by atoms with Gasteiger partial charge in [0.05, 0.1) is 4.75 Å². The van der Waals surface area contributed by atoms with Gasteiger partial charge in [-0.3, -0.25) is 0 Å². The Morgan fingerprint density at radius 2 is 1.53 bits per heavy atom. The summed E-state index contributed by atoms with van der Waals surface area (Å²) in [6, 6.07) is 0. The quantitative estimate of drug-likeness (QED) is 0.704. The van der Waals surface area contributed by atoms with Gasteiger partial charge in [-0.05, 0) is 43.4 Å². The summed E-state index contributed by atoms with van der Waals surface area (Å²) >= 11 is 0. The van der Waals surface area contributed by atoms with Crippen molar-refractivity contribution in [3.8, 4) is 0 Å². The van der Waals surface area contributed by atoms with Crippen molar-refractivity contribution in [3.63, 3.8) is 0 Å². The predicted octanol–water partition coefficient (Wildman–Crippen LogP) is 3.06. The minimum Gasteiger partial charge on any atom is -0.212 e. The molecule has 4 aliphatic carbocycles. The van der Waals surface area contributed by atoms with Gasteiger partial charge >= 0.3 is 0 Å². The van der Waals surface area contributed by atoms with Crippen LogP contribution in [0.3, 0.4) is 0 Å². The molecule has 4 saturated carbocycles. The third-order valence-electron chi connectivity index (χ3n) is 5.01. The molecule has 4 rings (SSSR count). The van der Waals surface area contributed by atoms with E-state index in [1.165, 1.54) is 32.1 Å². The van der Waals surface area contributed by atoms with Crippen molar-refractivity contribution in [2.75, 3.05) is 0 Å². The van der Waals surface area contributed by atoms with E-state index in [9.17, 15) is 8.42 Å². The van der Waals surface area contributed by atoms with E-state index in [0.717, 1.165) is 25.2 Å². The van der Waals surface area contributed by atoms with Crippen LogP contribution in [0.5, 0.6) is 0 Å². The van der Waals surface area contributed by atoms with E-state index in [1.807, 2.05) is 0 Å². The van der Waals surface area contributed by atoms with Gasteiger partial charge in [-0.15, -0.1) is 0 Å². The number of hydrogen-bond acceptors (Lipinski definition) is 2. The molecule has 0 spiro atoms. The SMILES string of the molecule is O=S(=O)(Cl)C12CC(C3CCCCC3)(C1)C2. The highest BCUT2D eigenvalue weighted by atomic mass is 35.7. The topological polar surface area (TPSA) is 34.1 Å². The van der Waals surface area contributed by atoms with Crippen molar-refractivity contribution >= 4 is 19.7 Å². The Morgan fingerprint density at radius 3 is 2.00 bits per heavy atom. The summed E-state index contributed by atoms with van der Waals surface area (Å²) in [5.74, 6) is 0.798. The second kappa shape index (κ2) is 2.92. The second-order valence-corrected chi connectivity index (χ2v) is 8.81. The standard InChI is InChI=1S/C11H17ClO2S/c12-15(13,14)11-6-10(7-11,8-11)9-4-2-1-3-5-9/h9H,1-8H2. The molecule has 2 bridgehead atoms. The van der Waals surface area contributed by atoms with Gasteiger partial charge in [0, 0.05) is 10.7 Å². The van der Waals surface area contributed by atoms with Gasteiger partial charge in [-0.25, -0.2) is 8.42 Å². The molecular weight excluding hydrogens is 232 g/mol. The van der Waals surface area contributed by atoms with Crippen LogP contribution in [-0.2, 0) is 9.05 Å². The Labute approximate surface area is 95.8 Å². The molecule has 0 saturated heterocycles. The first-order valence-electron chi connectivity index (χ1n) is 5.92. The number of hydrogen-bond donors (Lipinski definition) is 0. The molecule has 0 aromatic rings. The van der Waals surface area contributed by atoms with Gasteiger partial charge in [0.15, 0.2) is 0 Å². The first-order chi connectivity index (χ1) is 6.98. The third-order valence-corrected chi connectivity index (χ3v) is 7.46. The first-order valence-corrected chi connectivity index (χ1v) is 8.23. The van der Waals surface area contributed by atoms with Crippen LogP contribution >= 0.6 is 10.7 Å². The van der Waals surface area contributed by atoms with Gasteiger partial charge in [0.25, 0.3) is 0 Å². The molecule has 0 aromatic heterocycles. The highest BCUT2D eigenvalue weighted by Gasteiger charge is 2.75. The average molecular weight is 249 g/mol. The molecule has 0 heterocycles. The fourth-order valence-electron chi connectivity index (χ4n) is 4.18. The lowest BCUT2D eigenvalue weighted by Gasteiger charge is -2.72. The minimum absolute atomic E-state index is 0.391. The maximum atomic E-state index is 11.4. The highest BCUT2D eigenvalue weighted by molar-refractivity contribution is 8.15. The third kappa shape index (κ3) is 1.25. The van der Waals surface area contributed by atoms with Crippen molar-refractivity contribution < 1.29 is 8.42 Å². The highest BCUT2D eigenvalue weighted by Crippen LogP contribution is 2.75. The molecule has 4 fully saturated rings. The lowest BCUT2D eigenvalue weighted by atomic mass is 9.38. The van der Waals surface area contributed by atoms with Crippen LogP contribution in [-0.4, -0.2) is 13.2 Å². The molecule has 4 heteroatoms.